The van der Waals surface area contributed by atoms with Crippen molar-refractivity contribution in [3.8, 4) is 17.9 Å². The molecule has 15 heavy (non-hydrogen) atoms. The van der Waals surface area contributed by atoms with Crippen LogP contribution in [0.4, 0.5) is 5.69 Å². The Morgan fingerprint density at radius 1 is 1.53 bits per heavy atom. The van der Waals surface area contributed by atoms with E-state index in [1.54, 1.807) is 18.2 Å². The van der Waals surface area contributed by atoms with Crippen LogP contribution in [0.3, 0.4) is 0 Å². The Labute approximate surface area is 86.9 Å². The number of hydrogen-bond acceptors (Lipinski definition) is 3. The van der Waals surface area contributed by atoms with E-state index in [2.05, 4.69) is 11.8 Å². The van der Waals surface area contributed by atoms with Gasteiger partial charge in [0.15, 0.2) is 0 Å². The van der Waals surface area contributed by atoms with Crippen molar-refractivity contribution in [3.05, 3.63) is 29.3 Å². The molecule has 1 aromatic rings. The predicted molar refractivity (Wildman–Crippen MR) is 54.7 cm³/mol. The molecule has 0 fully saturated rings. The van der Waals surface area contributed by atoms with Gasteiger partial charge in [-0.05, 0) is 18.2 Å². The van der Waals surface area contributed by atoms with Crippen LogP contribution in [0.2, 0.25) is 0 Å². The van der Waals surface area contributed by atoms with Crippen LogP contribution in [0.1, 0.15) is 17.5 Å². The predicted octanol–water partition coefficient (Wildman–Crippen LogP) is 0.967. The Morgan fingerprint density at radius 2 is 2.27 bits per heavy atom. The van der Waals surface area contributed by atoms with E-state index in [-0.39, 0.29) is 6.42 Å². The van der Waals surface area contributed by atoms with Gasteiger partial charge in [-0.2, -0.15) is 5.26 Å². The number of nitrogens with zero attached hydrogens (tertiary/aromatic N) is 1. The number of carbonyl (C=O) groups is 1. The number of carboxylic acid groups (broad SMARTS) is 1. The highest BCUT2D eigenvalue weighted by molar-refractivity contribution is 5.70. The summed E-state index contributed by atoms with van der Waals surface area (Å²) in [5, 5.41) is 17.0. The summed E-state index contributed by atoms with van der Waals surface area (Å²) >= 11 is 0. The maximum atomic E-state index is 10.2. The minimum Gasteiger partial charge on any atom is -0.481 e. The van der Waals surface area contributed by atoms with Gasteiger partial charge in [-0.15, -0.1) is 0 Å². The lowest BCUT2D eigenvalue weighted by Gasteiger charge is -1.96. The van der Waals surface area contributed by atoms with Gasteiger partial charge < -0.3 is 10.8 Å². The largest absolute Gasteiger partial charge is 0.481 e. The zero-order valence-electron chi connectivity index (χ0n) is 7.82. The van der Waals surface area contributed by atoms with Crippen LogP contribution >= 0.6 is 0 Å². The van der Waals surface area contributed by atoms with Crippen LogP contribution < -0.4 is 5.73 Å². The molecule has 0 radical (unpaired) electrons. The normalized spacial score (nSPS) is 8.47. The van der Waals surface area contributed by atoms with E-state index in [1.807, 2.05) is 6.07 Å². The Bertz CT molecular complexity index is 490. The van der Waals surface area contributed by atoms with Crippen LogP contribution in [0.5, 0.6) is 0 Å². The zero-order chi connectivity index (χ0) is 11.3. The highest BCUT2D eigenvalue weighted by atomic mass is 16.4. The van der Waals surface area contributed by atoms with Crippen LogP contribution in [0, 0.1) is 23.2 Å². The average Bonchev–Trinajstić information content (AvgIpc) is 2.17. The highest BCUT2D eigenvalue weighted by Gasteiger charge is 1.97. The molecular formula is C11H8N2O2. The average molecular weight is 200 g/mol. The molecule has 3 N–H and O–H groups in total. The third-order valence-corrected chi connectivity index (χ3v) is 1.64. The summed E-state index contributed by atoms with van der Waals surface area (Å²) < 4.78 is 0. The van der Waals surface area contributed by atoms with Crippen molar-refractivity contribution in [3.63, 3.8) is 0 Å². The lowest BCUT2D eigenvalue weighted by molar-refractivity contribution is -0.135. The summed E-state index contributed by atoms with van der Waals surface area (Å²) in [5.41, 5.74) is 6.90. The second-order valence-corrected chi connectivity index (χ2v) is 2.79. The number of rotatable bonds is 1. The molecule has 0 atom stereocenters. The fraction of sp³-hybridized carbons (Fsp3) is 0.0909. The number of hydrogen-bond donors (Lipinski definition) is 2. The topological polar surface area (TPSA) is 87.1 Å². The number of anilines is 1. The monoisotopic (exact) mass is 200 g/mol. The number of carboxylic acids is 1. The molecule has 0 aliphatic heterocycles. The van der Waals surface area contributed by atoms with Crippen molar-refractivity contribution in [2.45, 2.75) is 6.42 Å². The molecule has 0 spiro atoms. The van der Waals surface area contributed by atoms with Gasteiger partial charge in [-0.1, -0.05) is 11.8 Å². The maximum absolute atomic E-state index is 10.2. The van der Waals surface area contributed by atoms with E-state index in [0.717, 1.165) is 0 Å². The standard InChI is InChI=1S/C11H8N2O2/c12-7-9-5-4-8(6-10(9)13)2-1-3-11(14)15/h4-6H,3,13H2,(H,14,15). The van der Waals surface area contributed by atoms with Crippen molar-refractivity contribution in [2.24, 2.45) is 0 Å². The van der Waals surface area contributed by atoms with Crippen molar-refractivity contribution in [1.82, 2.24) is 0 Å². The maximum Gasteiger partial charge on any atom is 0.315 e. The lowest BCUT2D eigenvalue weighted by atomic mass is 10.1. The number of benzene rings is 1. The molecule has 0 bridgehead atoms. The lowest BCUT2D eigenvalue weighted by Crippen LogP contribution is -1.92. The molecule has 4 heteroatoms. The summed E-state index contributed by atoms with van der Waals surface area (Å²) in [4.78, 5) is 10.2. The molecule has 0 heterocycles. The second-order valence-electron chi connectivity index (χ2n) is 2.79. The van der Waals surface area contributed by atoms with Crippen LogP contribution in [0.15, 0.2) is 18.2 Å². The Morgan fingerprint density at radius 3 is 2.80 bits per heavy atom. The molecular weight excluding hydrogens is 192 g/mol. The molecule has 0 aromatic heterocycles. The van der Waals surface area contributed by atoms with Gasteiger partial charge >= 0.3 is 5.97 Å². The van der Waals surface area contributed by atoms with Crippen molar-refractivity contribution in [1.29, 1.82) is 5.26 Å². The Kier molecular flexibility index (Phi) is 3.32. The number of nitrogens with two attached hydrogens (primary N) is 1. The number of nitriles is 1. The van der Waals surface area contributed by atoms with Gasteiger partial charge in [0.2, 0.25) is 0 Å². The molecule has 74 valence electrons. The summed E-state index contributed by atoms with van der Waals surface area (Å²) in [7, 11) is 0. The third-order valence-electron chi connectivity index (χ3n) is 1.64. The first kappa shape index (κ1) is 10.6. The first-order chi connectivity index (χ1) is 7.13. The Hall–Kier alpha value is -2.46. The van der Waals surface area contributed by atoms with Gasteiger partial charge in [0.1, 0.15) is 12.5 Å². The Balaban J connectivity index is 2.88. The minimum absolute atomic E-state index is 0.208. The molecule has 1 aromatic carbocycles. The minimum atomic E-state index is -0.968. The van der Waals surface area contributed by atoms with E-state index in [9.17, 15) is 4.79 Å². The molecule has 0 amide bonds. The molecule has 0 aliphatic rings. The summed E-state index contributed by atoms with van der Waals surface area (Å²) in [6, 6.07) is 6.66. The summed E-state index contributed by atoms with van der Waals surface area (Å²) in [6.45, 7) is 0. The SMILES string of the molecule is N#Cc1ccc(C#CCC(=O)O)cc1N. The third kappa shape index (κ3) is 3.06. The van der Waals surface area contributed by atoms with Crippen molar-refractivity contribution in [2.75, 3.05) is 5.73 Å². The van der Waals surface area contributed by atoms with Gasteiger partial charge in [-0.25, -0.2) is 0 Å². The van der Waals surface area contributed by atoms with E-state index in [4.69, 9.17) is 16.1 Å². The van der Waals surface area contributed by atoms with Gasteiger partial charge in [0, 0.05) is 5.56 Å². The van der Waals surface area contributed by atoms with E-state index in [0.29, 0.717) is 16.8 Å². The molecule has 0 saturated carbocycles. The summed E-state index contributed by atoms with van der Waals surface area (Å²) in [5.74, 6) is 4.16. The molecule has 4 nitrogen and oxygen atoms in total. The van der Waals surface area contributed by atoms with Crippen LogP contribution in [-0.2, 0) is 4.79 Å². The number of aliphatic carboxylic acids is 1. The van der Waals surface area contributed by atoms with E-state index in [1.165, 1.54) is 0 Å². The zero-order valence-corrected chi connectivity index (χ0v) is 7.82. The molecule has 1 rings (SSSR count). The van der Waals surface area contributed by atoms with E-state index < -0.39 is 5.97 Å². The number of nitrogen functional groups attached to an aromatic ring is 1. The van der Waals surface area contributed by atoms with Gasteiger partial charge in [0.05, 0.1) is 11.3 Å². The first-order valence-electron chi connectivity index (χ1n) is 4.14. The first-order valence-corrected chi connectivity index (χ1v) is 4.14. The van der Waals surface area contributed by atoms with Crippen LogP contribution in [-0.4, -0.2) is 11.1 Å². The smallest absolute Gasteiger partial charge is 0.315 e. The van der Waals surface area contributed by atoms with Crippen molar-refractivity contribution >= 4 is 11.7 Å². The highest BCUT2D eigenvalue weighted by Crippen LogP contribution is 2.12. The van der Waals surface area contributed by atoms with Crippen molar-refractivity contribution < 1.29 is 9.90 Å². The van der Waals surface area contributed by atoms with E-state index >= 15 is 0 Å². The fourth-order valence-corrected chi connectivity index (χ4v) is 0.964. The molecule has 0 unspecified atom stereocenters. The second kappa shape index (κ2) is 4.69. The van der Waals surface area contributed by atoms with Gasteiger partial charge in [0.25, 0.3) is 0 Å². The van der Waals surface area contributed by atoms with Crippen LogP contribution in [0.25, 0.3) is 0 Å². The quantitative estimate of drug-likeness (QED) is 0.522. The fourth-order valence-electron chi connectivity index (χ4n) is 0.964. The molecule has 0 aliphatic carbocycles. The van der Waals surface area contributed by atoms with Gasteiger partial charge in [-0.3, -0.25) is 4.79 Å². The summed E-state index contributed by atoms with van der Waals surface area (Å²) in [6.07, 6.45) is -0.208. The molecule has 0 saturated heterocycles.